The molecule has 12 aromatic carbocycles. The summed E-state index contributed by atoms with van der Waals surface area (Å²) in [5.74, 6) is 0. The van der Waals surface area contributed by atoms with Crippen LogP contribution in [-0.4, -0.2) is 25.3 Å². The molecule has 0 amide bonds. The molecule has 0 aliphatic carbocycles. The van der Waals surface area contributed by atoms with Crippen molar-refractivity contribution < 1.29 is 4.42 Å². The number of rotatable bonds is 10. The average molecular weight is 1020 g/mol. The molecule has 3 nitrogen and oxygen atoms in total. The van der Waals surface area contributed by atoms with E-state index in [1.165, 1.54) is 74.1 Å². The Kier molecular flexibility index (Phi) is 10.6. The minimum absolute atomic E-state index is 0.898. The molecule has 0 aliphatic rings. The first kappa shape index (κ1) is 44.9. The summed E-state index contributed by atoms with van der Waals surface area (Å²) in [7, 11) is -6.02. The first-order valence-electron chi connectivity index (χ1n) is 26.6. The minimum Gasteiger partial charge on any atom is -0.456 e. The van der Waals surface area contributed by atoms with Gasteiger partial charge in [0, 0.05) is 43.7 Å². The van der Waals surface area contributed by atoms with Crippen LogP contribution in [0, 0.1) is 0 Å². The van der Waals surface area contributed by atoms with Crippen molar-refractivity contribution in [3.63, 3.8) is 0 Å². The van der Waals surface area contributed by atoms with Gasteiger partial charge in [-0.05, 0) is 96.1 Å². The maximum Gasteiger partial charge on any atom is 0.179 e. The van der Waals surface area contributed by atoms with E-state index in [0.717, 1.165) is 44.3 Å². The van der Waals surface area contributed by atoms with Crippen molar-refractivity contribution >= 4 is 123 Å². The van der Waals surface area contributed by atoms with Crippen LogP contribution in [-0.2, 0) is 0 Å². The lowest BCUT2D eigenvalue weighted by Crippen LogP contribution is -2.74. The second-order valence-electron chi connectivity index (χ2n) is 20.3. The van der Waals surface area contributed by atoms with Gasteiger partial charge < -0.3 is 13.6 Å². The molecular weight excluding hydrogens is 965 g/mol. The molecule has 362 valence electrons. The van der Waals surface area contributed by atoms with Crippen LogP contribution >= 0.6 is 0 Å². The van der Waals surface area contributed by atoms with Crippen LogP contribution in [0.5, 0.6) is 0 Å². The molecule has 0 N–H and O–H groups in total. The zero-order chi connectivity index (χ0) is 50.9. The number of furan rings is 1. The van der Waals surface area contributed by atoms with Gasteiger partial charge in [0.25, 0.3) is 0 Å². The van der Waals surface area contributed by atoms with Gasteiger partial charge in [0.05, 0.1) is 22.1 Å². The fourth-order valence-electron chi connectivity index (χ4n) is 13.2. The molecule has 5 heteroatoms. The molecule has 0 saturated heterocycles. The molecule has 0 unspecified atom stereocenters. The van der Waals surface area contributed by atoms with Gasteiger partial charge in [-0.1, -0.05) is 249 Å². The summed E-state index contributed by atoms with van der Waals surface area (Å²) >= 11 is 0. The largest absolute Gasteiger partial charge is 0.456 e. The molecule has 0 saturated carbocycles. The second kappa shape index (κ2) is 18.1. The Morgan fingerprint density at radius 1 is 0.234 bits per heavy atom. The van der Waals surface area contributed by atoms with Crippen LogP contribution in [0.4, 0.5) is 0 Å². The maximum atomic E-state index is 6.52. The summed E-state index contributed by atoms with van der Waals surface area (Å²) in [4.78, 5) is 0. The normalized spacial score (nSPS) is 12.2. The van der Waals surface area contributed by atoms with Crippen molar-refractivity contribution in [3.8, 4) is 11.4 Å². The van der Waals surface area contributed by atoms with E-state index >= 15 is 0 Å². The molecule has 0 radical (unpaired) electrons. The summed E-state index contributed by atoms with van der Waals surface area (Å²) < 4.78 is 11.6. The molecule has 3 heterocycles. The van der Waals surface area contributed by atoms with Crippen molar-refractivity contribution in [2.24, 2.45) is 0 Å². The first-order chi connectivity index (χ1) is 38.2. The van der Waals surface area contributed by atoms with Crippen LogP contribution in [0.2, 0.25) is 0 Å². The highest BCUT2D eigenvalue weighted by Crippen LogP contribution is 2.42. The van der Waals surface area contributed by atoms with Crippen molar-refractivity contribution in [1.82, 2.24) is 9.13 Å². The highest BCUT2D eigenvalue weighted by molar-refractivity contribution is 7.20. The van der Waals surface area contributed by atoms with Crippen molar-refractivity contribution in [2.45, 2.75) is 0 Å². The molecule has 0 spiro atoms. The van der Waals surface area contributed by atoms with E-state index in [4.69, 9.17) is 4.42 Å². The monoisotopic (exact) mass is 1010 g/mol. The molecule has 0 aliphatic heterocycles. The summed E-state index contributed by atoms with van der Waals surface area (Å²) in [6.45, 7) is 0. The summed E-state index contributed by atoms with van der Waals surface area (Å²) in [6, 6.07) is 113. The number of hydrogen-bond acceptors (Lipinski definition) is 1. The molecule has 3 aromatic heterocycles. The molecule has 0 atom stereocenters. The van der Waals surface area contributed by atoms with Gasteiger partial charge in [0.1, 0.15) is 11.2 Å². The smallest absolute Gasteiger partial charge is 0.179 e. The summed E-state index contributed by atoms with van der Waals surface area (Å²) in [5.41, 5.74) is 8.76. The molecule has 77 heavy (non-hydrogen) atoms. The molecule has 15 rings (SSSR count). The van der Waals surface area contributed by atoms with E-state index in [9.17, 15) is 0 Å². The lowest BCUT2D eigenvalue weighted by Gasteiger charge is -2.35. The lowest BCUT2D eigenvalue weighted by atomic mass is 10.1. The van der Waals surface area contributed by atoms with Gasteiger partial charge in [-0.25, -0.2) is 0 Å². The second-order valence-corrected chi connectivity index (χ2v) is 27.9. The Morgan fingerprint density at radius 3 is 1.25 bits per heavy atom. The van der Waals surface area contributed by atoms with E-state index in [-0.39, 0.29) is 0 Å². The Morgan fingerprint density at radius 2 is 0.649 bits per heavy atom. The van der Waals surface area contributed by atoms with Gasteiger partial charge in [0.2, 0.25) is 0 Å². The van der Waals surface area contributed by atoms with Crippen LogP contribution in [0.15, 0.2) is 308 Å². The van der Waals surface area contributed by atoms with Crippen LogP contribution in [0.1, 0.15) is 0 Å². The Hall–Kier alpha value is -9.53. The van der Waals surface area contributed by atoms with Gasteiger partial charge >= 0.3 is 0 Å². The molecular formula is C72H50N2OSi2. The summed E-state index contributed by atoms with van der Waals surface area (Å²) in [6.07, 6.45) is 0. The number of hydrogen-bond donors (Lipinski definition) is 0. The van der Waals surface area contributed by atoms with Crippen LogP contribution in [0.25, 0.3) is 76.9 Å². The van der Waals surface area contributed by atoms with E-state index in [2.05, 4.69) is 312 Å². The Bertz CT molecular complexity index is 4530. The van der Waals surface area contributed by atoms with E-state index < -0.39 is 16.1 Å². The zero-order valence-corrected chi connectivity index (χ0v) is 44.2. The van der Waals surface area contributed by atoms with E-state index in [0.29, 0.717) is 0 Å². The van der Waals surface area contributed by atoms with Crippen molar-refractivity contribution in [2.75, 3.05) is 0 Å². The van der Waals surface area contributed by atoms with Crippen LogP contribution < -0.4 is 41.5 Å². The number of nitrogens with zero attached hydrogens (tertiary/aromatic N) is 2. The number of fused-ring (bicyclic) bond motifs is 10. The topological polar surface area (TPSA) is 23.0 Å². The highest BCUT2D eigenvalue weighted by atomic mass is 28.3. The first-order valence-corrected chi connectivity index (χ1v) is 30.6. The third-order valence-corrected chi connectivity index (χ3v) is 25.9. The molecule has 0 fully saturated rings. The van der Waals surface area contributed by atoms with Gasteiger partial charge in [0.15, 0.2) is 16.1 Å². The summed E-state index contributed by atoms with van der Waals surface area (Å²) in [5, 5.41) is 17.8. The zero-order valence-electron chi connectivity index (χ0n) is 42.2. The lowest BCUT2D eigenvalue weighted by molar-refractivity contribution is 0.669. The number of para-hydroxylation sites is 3. The highest BCUT2D eigenvalue weighted by Gasteiger charge is 2.44. The van der Waals surface area contributed by atoms with Gasteiger partial charge in [-0.15, -0.1) is 0 Å². The quantitative estimate of drug-likeness (QED) is 0.0989. The van der Waals surface area contributed by atoms with Crippen LogP contribution in [0.3, 0.4) is 0 Å². The molecule has 15 aromatic rings. The Labute approximate surface area is 448 Å². The standard InChI is InChI=1S/C72H50N2OSi2/c1-7-24-51(25-8-1)74-66-40-21-19-38-61(66)63-44-46-68-71(72(63)74)65-50-59(77(56-33-15-5-16-34-56,57-35-17-6-18-36-57)60-43-47-70-64(49-60)62-39-20-22-41-69(62)75-70)42-45-67(65)73(68)52-26-23-37-58(48-52)76(53-27-9-2-10-28-53,54-29-11-3-12-30-54)55-31-13-4-14-32-55/h1-50H. The number of aromatic nitrogens is 2. The van der Waals surface area contributed by atoms with Crippen molar-refractivity contribution in [1.29, 1.82) is 0 Å². The third kappa shape index (κ3) is 6.81. The SMILES string of the molecule is c1ccc(-n2c3ccccc3c3ccc4c(c5cc([Si](c6ccccc6)(c6ccccc6)c6ccc7oc8ccccc8c7c6)ccc5n4-c4cccc([Si](c5ccccc5)(c5ccccc5)c5ccccc5)c4)c32)cc1. The fourth-order valence-corrected chi connectivity index (χ4v) is 22.8. The molecule has 0 bridgehead atoms. The maximum absolute atomic E-state index is 6.52. The predicted molar refractivity (Wildman–Crippen MR) is 330 cm³/mol. The minimum atomic E-state index is -3.13. The van der Waals surface area contributed by atoms with Crippen molar-refractivity contribution in [3.05, 3.63) is 303 Å². The predicted octanol–water partition coefficient (Wildman–Crippen LogP) is 12.5. The number of benzene rings is 12. The van der Waals surface area contributed by atoms with E-state index in [1.54, 1.807) is 0 Å². The average Bonchev–Trinajstić information content (AvgIpc) is 4.39. The Balaban J connectivity index is 1.09. The third-order valence-electron chi connectivity index (χ3n) is 16.4. The van der Waals surface area contributed by atoms with Gasteiger partial charge in [-0.2, -0.15) is 0 Å². The van der Waals surface area contributed by atoms with E-state index in [1.807, 2.05) is 0 Å². The van der Waals surface area contributed by atoms with Gasteiger partial charge in [-0.3, -0.25) is 0 Å². The fraction of sp³-hybridized carbons (Fsp3) is 0.